The lowest BCUT2D eigenvalue weighted by molar-refractivity contribution is -0.134. The molecule has 2 aromatic carbocycles. The molecule has 1 heterocycles. The minimum atomic E-state index is -0.250. The summed E-state index contributed by atoms with van der Waals surface area (Å²) in [6.07, 6.45) is -0.115. The summed E-state index contributed by atoms with van der Waals surface area (Å²) in [4.78, 5) is 29.2. The fraction of sp³-hybridized carbons (Fsp3) is 0.417. The summed E-state index contributed by atoms with van der Waals surface area (Å²) in [5, 5.41) is 2.91. The van der Waals surface area contributed by atoms with E-state index in [2.05, 4.69) is 56.1 Å². The highest BCUT2D eigenvalue weighted by molar-refractivity contribution is 6.04. The molecule has 5 nitrogen and oxygen atoms in total. The topological polar surface area (TPSA) is 52.7 Å². The van der Waals surface area contributed by atoms with E-state index in [-0.39, 0.29) is 18.2 Å². The summed E-state index contributed by atoms with van der Waals surface area (Å²) < 4.78 is 0. The number of carbonyl (C=O) groups is 2. The Morgan fingerprint density at radius 3 is 2.34 bits per heavy atom. The van der Waals surface area contributed by atoms with Gasteiger partial charge in [0, 0.05) is 37.6 Å². The Bertz CT molecular complexity index is 883. The van der Waals surface area contributed by atoms with Crippen LogP contribution >= 0.6 is 0 Å². The van der Waals surface area contributed by atoms with E-state index in [0.717, 1.165) is 24.3 Å². The van der Waals surface area contributed by atoms with Crippen LogP contribution in [-0.2, 0) is 9.59 Å². The van der Waals surface area contributed by atoms with E-state index in [1.807, 2.05) is 24.3 Å². The van der Waals surface area contributed by atoms with Gasteiger partial charge in [0.25, 0.3) is 0 Å². The van der Waals surface area contributed by atoms with E-state index in [1.165, 1.54) is 16.8 Å². The molecule has 0 saturated carbocycles. The summed E-state index contributed by atoms with van der Waals surface area (Å²) in [5.74, 6) is -0.0504. The van der Waals surface area contributed by atoms with Crippen molar-refractivity contribution in [2.75, 3.05) is 36.4 Å². The number of rotatable bonds is 5. The van der Waals surface area contributed by atoms with Gasteiger partial charge in [0.2, 0.25) is 11.8 Å². The highest BCUT2D eigenvalue weighted by Gasteiger charge is 2.24. The first-order valence-corrected chi connectivity index (χ1v) is 10.3. The zero-order valence-electron chi connectivity index (χ0n) is 17.9. The summed E-state index contributed by atoms with van der Waals surface area (Å²) in [5.41, 5.74) is 5.67. The van der Waals surface area contributed by atoms with Crippen molar-refractivity contribution >= 4 is 23.2 Å². The molecule has 0 atom stereocenters. The van der Waals surface area contributed by atoms with Gasteiger partial charge in [-0.2, -0.15) is 0 Å². The van der Waals surface area contributed by atoms with Gasteiger partial charge in [-0.3, -0.25) is 9.59 Å². The first kappa shape index (κ1) is 20.9. The number of carbonyl (C=O) groups excluding carboxylic acids is 2. The molecule has 0 radical (unpaired) electrons. The molecule has 154 valence electrons. The van der Waals surface area contributed by atoms with Crippen molar-refractivity contribution in [3.8, 4) is 0 Å². The number of benzene rings is 2. The zero-order chi connectivity index (χ0) is 21.0. The highest BCUT2D eigenvalue weighted by atomic mass is 16.2. The van der Waals surface area contributed by atoms with Gasteiger partial charge in [-0.1, -0.05) is 44.2 Å². The van der Waals surface area contributed by atoms with E-state index in [0.29, 0.717) is 19.0 Å². The molecular formula is C24H31N3O2. The van der Waals surface area contributed by atoms with Crippen molar-refractivity contribution in [3.63, 3.8) is 0 Å². The number of amides is 2. The number of para-hydroxylation sites is 1. The normalized spacial score (nSPS) is 14.2. The molecule has 1 aliphatic rings. The van der Waals surface area contributed by atoms with Crippen molar-refractivity contribution in [1.82, 2.24) is 4.90 Å². The molecular weight excluding hydrogens is 362 g/mol. The summed E-state index contributed by atoms with van der Waals surface area (Å²) in [6.45, 7) is 11.3. The van der Waals surface area contributed by atoms with Crippen molar-refractivity contribution in [2.45, 2.75) is 40.0 Å². The summed E-state index contributed by atoms with van der Waals surface area (Å²) in [7, 11) is 0. The van der Waals surface area contributed by atoms with Gasteiger partial charge in [0.1, 0.15) is 6.42 Å². The second-order valence-corrected chi connectivity index (χ2v) is 8.05. The molecule has 3 rings (SSSR count). The SMILES string of the molecule is Cc1cccc(N2CCN(C(=O)CC(=O)Nc3ccccc3C(C)C)CC2)c1C. The lowest BCUT2D eigenvalue weighted by Crippen LogP contribution is -2.49. The molecule has 1 N–H and O–H groups in total. The Labute approximate surface area is 173 Å². The molecule has 1 fully saturated rings. The number of piperazine rings is 1. The Morgan fingerprint density at radius 1 is 0.966 bits per heavy atom. The second kappa shape index (κ2) is 9.12. The Morgan fingerprint density at radius 2 is 1.66 bits per heavy atom. The average Bonchev–Trinajstić information content (AvgIpc) is 2.70. The lowest BCUT2D eigenvalue weighted by atomic mass is 10.0. The first-order chi connectivity index (χ1) is 13.9. The molecule has 1 aliphatic heterocycles. The van der Waals surface area contributed by atoms with Crippen LogP contribution in [0.1, 0.15) is 42.9 Å². The molecule has 5 heteroatoms. The van der Waals surface area contributed by atoms with Gasteiger partial charge in [-0.15, -0.1) is 0 Å². The molecule has 29 heavy (non-hydrogen) atoms. The van der Waals surface area contributed by atoms with Crippen molar-refractivity contribution in [2.24, 2.45) is 0 Å². The predicted octanol–water partition coefficient (Wildman–Crippen LogP) is 4.10. The Hall–Kier alpha value is -2.82. The molecule has 0 unspecified atom stereocenters. The molecule has 0 bridgehead atoms. The smallest absolute Gasteiger partial charge is 0.233 e. The first-order valence-electron chi connectivity index (χ1n) is 10.3. The number of aryl methyl sites for hydroxylation is 1. The maximum atomic E-state index is 12.6. The molecule has 0 spiro atoms. The average molecular weight is 394 g/mol. The monoisotopic (exact) mass is 393 g/mol. The van der Waals surface area contributed by atoms with Crippen LogP contribution in [0.25, 0.3) is 0 Å². The summed E-state index contributed by atoms with van der Waals surface area (Å²) >= 11 is 0. The van der Waals surface area contributed by atoms with E-state index < -0.39 is 0 Å². The van der Waals surface area contributed by atoms with E-state index in [4.69, 9.17) is 0 Å². The van der Waals surface area contributed by atoms with Crippen LogP contribution in [0.15, 0.2) is 42.5 Å². The molecule has 0 aromatic heterocycles. The van der Waals surface area contributed by atoms with Crippen molar-refractivity contribution < 1.29 is 9.59 Å². The van der Waals surface area contributed by atoms with Crippen molar-refractivity contribution in [1.29, 1.82) is 0 Å². The van der Waals surface area contributed by atoms with E-state index in [1.54, 1.807) is 4.90 Å². The molecule has 1 saturated heterocycles. The molecule has 0 aliphatic carbocycles. The van der Waals surface area contributed by atoms with Crippen LogP contribution in [0, 0.1) is 13.8 Å². The third-order valence-electron chi connectivity index (χ3n) is 5.72. The minimum Gasteiger partial charge on any atom is -0.368 e. The Balaban J connectivity index is 1.55. The predicted molar refractivity (Wildman–Crippen MR) is 118 cm³/mol. The van der Waals surface area contributed by atoms with Crippen LogP contribution < -0.4 is 10.2 Å². The summed E-state index contributed by atoms with van der Waals surface area (Å²) in [6, 6.07) is 14.1. The molecule has 2 aromatic rings. The maximum Gasteiger partial charge on any atom is 0.233 e. The third-order valence-corrected chi connectivity index (χ3v) is 5.72. The third kappa shape index (κ3) is 4.97. The van der Waals surface area contributed by atoms with Crippen LogP contribution in [-0.4, -0.2) is 42.9 Å². The van der Waals surface area contributed by atoms with Crippen LogP contribution in [0.2, 0.25) is 0 Å². The molecule has 2 amide bonds. The maximum absolute atomic E-state index is 12.6. The number of hydrogen-bond acceptors (Lipinski definition) is 3. The second-order valence-electron chi connectivity index (χ2n) is 8.05. The van der Waals surface area contributed by atoms with Gasteiger partial charge in [-0.25, -0.2) is 0 Å². The van der Waals surface area contributed by atoms with Crippen molar-refractivity contribution in [3.05, 3.63) is 59.2 Å². The van der Waals surface area contributed by atoms with Crippen LogP contribution in [0.3, 0.4) is 0 Å². The van der Waals surface area contributed by atoms with Gasteiger partial charge < -0.3 is 15.1 Å². The number of nitrogens with zero attached hydrogens (tertiary/aromatic N) is 2. The quantitative estimate of drug-likeness (QED) is 0.778. The van der Waals surface area contributed by atoms with E-state index >= 15 is 0 Å². The number of anilines is 2. The van der Waals surface area contributed by atoms with Gasteiger partial charge in [0.15, 0.2) is 0 Å². The van der Waals surface area contributed by atoms with Gasteiger partial charge in [0.05, 0.1) is 0 Å². The fourth-order valence-corrected chi connectivity index (χ4v) is 3.83. The van der Waals surface area contributed by atoms with Gasteiger partial charge >= 0.3 is 0 Å². The standard InChI is InChI=1S/C24H31N3O2/c1-17(2)20-9-5-6-10-21(20)25-23(28)16-24(29)27-14-12-26(13-15-27)22-11-7-8-18(3)19(22)4/h5-11,17H,12-16H2,1-4H3,(H,25,28). The van der Waals surface area contributed by atoms with Crippen LogP contribution in [0.4, 0.5) is 11.4 Å². The number of hydrogen-bond donors (Lipinski definition) is 1. The Kier molecular flexibility index (Phi) is 6.57. The zero-order valence-corrected chi connectivity index (χ0v) is 17.9. The highest BCUT2D eigenvalue weighted by Crippen LogP contribution is 2.25. The van der Waals surface area contributed by atoms with Gasteiger partial charge in [-0.05, 0) is 48.6 Å². The van der Waals surface area contributed by atoms with Crippen LogP contribution in [0.5, 0.6) is 0 Å². The largest absolute Gasteiger partial charge is 0.368 e. The number of nitrogens with one attached hydrogen (secondary N) is 1. The fourth-order valence-electron chi connectivity index (χ4n) is 3.83. The minimum absolute atomic E-state index is 0.106. The van der Waals surface area contributed by atoms with E-state index in [9.17, 15) is 9.59 Å². The lowest BCUT2D eigenvalue weighted by Gasteiger charge is -2.37.